The molecule has 7 aromatic carbocycles. The van der Waals surface area contributed by atoms with Gasteiger partial charge in [0.1, 0.15) is 0 Å². The first-order valence-corrected chi connectivity index (χ1v) is 16.8. The van der Waals surface area contributed by atoms with Gasteiger partial charge in [0.25, 0.3) is 0 Å². The average molecular weight is 627 g/mol. The van der Waals surface area contributed by atoms with Crippen LogP contribution in [0.25, 0.3) is 88.2 Å². The molecular weight excluding hydrogens is 597 g/mol. The van der Waals surface area contributed by atoms with Gasteiger partial charge in [0, 0.05) is 27.6 Å². The maximum atomic E-state index is 5.11. The molecule has 0 saturated heterocycles. The lowest BCUT2D eigenvalue weighted by molar-refractivity contribution is 0.978. The Hall–Kier alpha value is -6.39. The summed E-state index contributed by atoms with van der Waals surface area (Å²) in [6.07, 6.45) is 8.32. The zero-order valence-corrected chi connectivity index (χ0v) is 26.7. The van der Waals surface area contributed by atoms with Crippen molar-refractivity contribution in [2.75, 3.05) is 0 Å². The van der Waals surface area contributed by atoms with Crippen LogP contribution in [0.5, 0.6) is 0 Å². The van der Waals surface area contributed by atoms with Crippen molar-refractivity contribution in [2.45, 2.75) is 12.8 Å². The van der Waals surface area contributed by atoms with Crippen LogP contribution in [0.2, 0.25) is 0 Å². The van der Waals surface area contributed by atoms with Gasteiger partial charge < -0.3 is 4.57 Å². The standard InChI is InChI=1S/C45H30N4/c1-2-14-32(15-3-1)43-46-44(48-45(47-43)38-20-10-16-29-11-4-7-17-35(29)38)33-21-25-34(26-22-33)49-39-27-23-30-12-5-8-18-36(30)41(39)42-37-19-9-6-13-31(37)24-28-40(42)49/h1-2,4-14,16-28H,3,15H2. The van der Waals surface area contributed by atoms with E-state index >= 15 is 0 Å². The van der Waals surface area contributed by atoms with Crippen LogP contribution in [-0.2, 0) is 0 Å². The molecule has 0 amide bonds. The Morgan fingerprint density at radius 1 is 0.469 bits per heavy atom. The van der Waals surface area contributed by atoms with Gasteiger partial charge in [0.15, 0.2) is 17.5 Å². The van der Waals surface area contributed by atoms with Gasteiger partial charge in [0.05, 0.1) is 11.0 Å². The molecule has 49 heavy (non-hydrogen) atoms. The van der Waals surface area contributed by atoms with Crippen molar-refractivity contribution in [1.82, 2.24) is 19.5 Å². The Balaban J connectivity index is 1.17. The van der Waals surface area contributed by atoms with Crippen LogP contribution in [0.4, 0.5) is 0 Å². The van der Waals surface area contributed by atoms with E-state index in [0.717, 1.165) is 46.4 Å². The molecule has 0 atom stereocenters. The van der Waals surface area contributed by atoms with E-state index in [1.54, 1.807) is 0 Å². The van der Waals surface area contributed by atoms with Gasteiger partial charge >= 0.3 is 0 Å². The minimum atomic E-state index is 0.675. The normalized spacial score (nSPS) is 13.2. The van der Waals surface area contributed by atoms with Crippen molar-refractivity contribution < 1.29 is 0 Å². The molecular formula is C45H30N4. The molecule has 0 aliphatic heterocycles. The quantitative estimate of drug-likeness (QED) is 0.195. The number of aromatic nitrogens is 4. The average Bonchev–Trinajstić information content (AvgIpc) is 3.53. The SMILES string of the molecule is C1=CCCC(c2nc(-c3ccc(-n4c5ccc6ccccc6c5c5c6ccccc6ccc54)cc3)nc(-c3cccc4ccccc34)n2)=C1. The number of allylic oxidation sites excluding steroid dienone is 4. The fourth-order valence-corrected chi connectivity index (χ4v) is 7.56. The Labute approximate surface area is 283 Å². The smallest absolute Gasteiger partial charge is 0.164 e. The van der Waals surface area contributed by atoms with Gasteiger partial charge in [-0.15, -0.1) is 0 Å². The van der Waals surface area contributed by atoms with E-state index < -0.39 is 0 Å². The van der Waals surface area contributed by atoms with Gasteiger partial charge in [-0.2, -0.15) is 0 Å². The van der Waals surface area contributed by atoms with Crippen molar-refractivity contribution in [3.05, 3.63) is 164 Å². The first-order chi connectivity index (χ1) is 24.3. The van der Waals surface area contributed by atoms with Gasteiger partial charge in [-0.25, -0.2) is 15.0 Å². The molecule has 0 N–H and O–H groups in total. The van der Waals surface area contributed by atoms with Crippen LogP contribution in [0.1, 0.15) is 18.7 Å². The van der Waals surface area contributed by atoms with E-state index in [-0.39, 0.29) is 0 Å². The van der Waals surface area contributed by atoms with Crippen LogP contribution >= 0.6 is 0 Å². The summed E-state index contributed by atoms with van der Waals surface area (Å²) in [5, 5.41) is 9.88. The number of benzene rings is 7. The van der Waals surface area contributed by atoms with Crippen LogP contribution < -0.4 is 0 Å². The molecule has 0 radical (unpaired) electrons. The van der Waals surface area contributed by atoms with Crippen molar-refractivity contribution >= 4 is 59.7 Å². The lowest BCUT2D eigenvalue weighted by Gasteiger charge is -2.13. The highest BCUT2D eigenvalue weighted by atomic mass is 15.0. The topological polar surface area (TPSA) is 43.6 Å². The summed E-state index contributed by atoms with van der Waals surface area (Å²) in [6.45, 7) is 0. The minimum Gasteiger partial charge on any atom is -0.309 e. The van der Waals surface area contributed by atoms with Crippen molar-refractivity contribution in [2.24, 2.45) is 0 Å². The summed E-state index contributed by atoms with van der Waals surface area (Å²) in [6, 6.07) is 49.8. The van der Waals surface area contributed by atoms with Crippen LogP contribution in [0.3, 0.4) is 0 Å². The second kappa shape index (κ2) is 11.1. The number of rotatable bonds is 4. The van der Waals surface area contributed by atoms with E-state index in [4.69, 9.17) is 15.0 Å². The summed E-state index contributed by atoms with van der Waals surface area (Å²) >= 11 is 0. The van der Waals surface area contributed by atoms with Crippen molar-refractivity contribution in [1.29, 1.82) is 0 Å². The van der Waals surface area contributed by atoms with E-state index in [9.17, 15) is 0 Å². The second-order valence-corrected chi connectivity index (χ2v) is 12.7. The fraction of sp³-hybridized carbons (Fsp3) is 0.0444. The number of fused-ring (bicyclic) bond motifs is 8. The maximum Gasteiger partial charge on any atom is 0.164 e. The first kappa shape index (κ1) is 27.7. The Bertz CT molecular complexity index is 2720. The third-order valence-corrected chi connectivity index (χ3v) is 9.90. The number of hydrogen-bond acceptors (Lipinski definition) is 3. The van der Waals surface area contributed by atoms with Gasteiger partial charge in [0.2, 0.25) is 0 Å². The summed E-state index contributed by atoms with van der Waals surface area (Å²) < 4.78 is 2.40. The van der Waals surface area contributed by atoms with E-state index in [1.165, 1.54) is 48.7 Å². The maximum absolute atomic E-state index is 5.11. The summed E-state index contributed by atoms with van der Waals surface area (Å²) in [4.78, 5) is 15.2. The fourth-order valence-electron chi connectivity index (χ4n) is 7.56. The predicted octanol–water partition coefficient (Wildman–Crippen LogP) is 11.5. The molecule has 1 aliphatic rings. The highest BCUT2D eigenvalue weighted by molar-refractivity contribution is 6.28. The largest absolute Gasteiger partial charge is 0.309 e. The van der Waals surface area contributed by atoms with E-state index in [1.807, 2.05) is 0 Å². The third kappa shape index (κ3) is 4.49. The second-order valence-electron chi connectivity index (χ2n) is 12.7. The molecule has 0 saturated carbocycles. The number of hydrogen-bond donors (Lipinski definition) is 0. The summed E-state index contributed by atoms with van der Waals surface area (Å²) in [7, 11) is 0. The summed E-state index contributed by atoms with van der Waals surface area (Å²) in [5.41, 5.74) is 6.58. The third-order valence-electron chi connectivity index (χ3n) is 9.90. The lowest BCUT2D eigenvalue weighted by atomic mass is 10.00. The molecule has 0 unspecified atom stereocenters. The van der Waals surface area contributed by atoms with Gasteiger partial charge in [-0.05, 0) is 87.1 Å². The Morgan fingerprint density at radius 3 is 1.69 bits per heavy atom. The first-order valence-electron chi connectivity index (χ1n) is 16.8. The zero-order chi connectivity index (χ0) is 32.3. The molecule has 0 bridgehead atoms. The highest BCUT2D eigenvalue weighted by Gasteiger charge is 2.19. The molecule has 0 spiro atoms. The predicted molar refractivity (Wildman–Crippen MR) is 204 cm³/mol. The van der Waals surface area contributed by atoms with Gasteiger partial charge in [-0.1, -0.05) is 121 Å². The molecule has 1 aliphatic carbocycles. The summed E-state index contributed by atoms with van der Waals surface area (Å²) in [5.74, 6) is 2.11. The number of nitrogens with zero attached hydrogens (tertiary/aromatic N) is 4. The molecule has 9 aromatic rings. The van der Waals surface area contributed by atoms with Crippen LogP contribution in [0.15, 0.2) is 158 Å². The highest BCUT2D eigenvalue weighted by Crippen LogP contribution is 2.40. The Kier molecular flexibility index (Phi) is 6.28. The minimum absolute atomic E-state index is 0.675. The van der Waals surface area contributed by atoms with Crippen molar-refractivity contribution in [3.63, 3.8) is 0 Å². The van der Waals surface area contributed by atoms with Gasteiger partial charge in [-0.3, -0.25) is 0 Å². The monoisotopic (exact) mass is 626 g/mol. The molecule has 4 nitrogen and oxygen atoms in total. The molecule has 2 aromatic heterocycles. The lowest BCUT2D eigenvalue weighted by Crippen LogP contribution is -2.04. The van der Waals surface area contributed by atoms with E-state index in [0.29, 0.717) is 11.6 Å². The molecule has 10 rings (SSSR count). The molecule has 0 fully saturated rings. The van der Waals surface area contributed by atoms with Crippen molar-refractivity contribution in [3.8, 4) is 28.5 Å². The van der Waals surface area contributed by atoms with Crippen LogP contribution in [-0.4, -0.2) is 19.5 Å². The Morgan fingerprint density at radius 2 is 1.04 bits per heavy atom. The zero-order valence-electron chi connectivity index (χ0n) is 26.7. The van der Waals surface area contributed by atoms with Crippen LogP contribution in [0, 0.1) is 0 Å². The molecule has 230 valence electrons. The molecule has 2 heterocycles. The van der Waals surface area contributed by atoms with E-state index in [2.05, 4.69) is 162 Å². The molecule has 4 heteroatoms.